The lowest BCUT2D eigenvalue weighted by Gasteiger charge is -2.21. The van der Waals surface area contributed by atoms with Gasteiger partial charge in [0.2, 0.25) is 0 Å². The Labute approximate surface area is 594 Å². The molecular formula is C78H152O17P2. The first-order chi connectivity index (χ1) is 46.9. The number of rotatable bonds is 77. The van der Waals surface area contributed by atoms with Crippen LogP contribution in [0.3, 0.4) is 0 Å². The summed E-state index contributed by atoms with van der Waals surface area (Å²) in [7, 11) is -9.91. The molecule has 0 aromatic carbocycles. The summed E-state index contributed by atoms with van der Waals surface area (Å²) in [5.74, 6) is -0.598. The number of aliphatic hydroxyl groups is 1. The molecule has 576 valence electrons. The average molecular weight is 1420 g/mol. The Hall–Kier alpha value is -1.94. The van der Waals surface area contributed by atoms with Gasteiger partial charge in [0, 0.05) is 25.7 Å². The fourth-order valence-corrected chi connectivity index (χ4v) is 13.6. The van der Waals surface area contributed by atoms with Gasteiger partial charge in [-0.2, -0.15) is 0 Å². The van der Waals surface area contributed by atoms with E-state index >= 15 is 0 Å². The SMILES string of the molecule is CCCCCCCCCCCCCCCCCCC(=O)OC[C@H](COP(=O)(O)OC[C@@H](O)COP(=O)(O)OC[C@@H](COC(=O)CCCCCCCCCC(C)C)OC(=O)CCCCCCCCCCCCCC)OC(=O)CCCCCCCCCCCCCCCCCCC(C)C. The standard InChI is InChI=1S/C78H152O17P2/c1-7-9-11-13-15-17-19-21-22-26-29-33-36-42-48-54-60-75(80)88-66-73(94-78(83)63-57-51-44-38-34-30-27-24-23-25-28-31-35-40-46-52-58-70(3)4)68-92-96(84,85)90-64-72(79)65-91-97(86,87)93-69-74(67-89-76(81)61-55-49-45-39-41-47-53-59-71(5)6)95-77(82)62-56-50-43-37-32-20-18-16-14-12-10-8-2/h70-74,79H,7-69H2,1-6H3,(H,84,85)(H,86,87)/t72-,73-,74-/m1/s1. The van der Waals surface area contributed by atoms with Gasteiger partial charge in [-0.25, -0.2) is 9.13 Å². The molecule has 0 saturated heterocycles. The number of unbranched alkanes of at least 4 members (excludes halogenated alkanes) is 47. The van der Waals surface area contributed by atoms with E-state index in [0.29, 0.717) is 31.6 Å². The van der Waals surface area contributed by atoms with E-state index in [9.17, 15) is 43.2 Å². The highest BCUT2D eigenvalue weighted by Crippen LogP contribution is 2.45. The molecule has 0 aromatic heterocycles. The lowest BCUT2D eigenvalue weighted by molar-refractivity contribution is -0.161. The molecule has 3 N–H and O–H groups in total. The maximum Gasteiger partial charge on any atom is 0.472 e. The minimum absolute atomic E-state index is 0.107. The van der Waals surface area contributed by atoms with Crippen molar-refractivity contribution in [1.29, 1.82) is 0 Å². The van der Waals surface area contributed by atoms with E-state index in [1.165, 1.54) is 218 Å². The minimum atomic E-state index is -4.96. The van der Waals surface area contributed by atoms with Crippen LogP contribution in [0.25, 0.3) is 0 Å². The van der Waals surface area contributed by atoms with Crippen molar-refractivity contribution in [1.82, 2.24) is 0 Å². The van der Waals surface area contributed by atoms with E-state index in [0.717, 1.165) is 102 Å². The van der Waals surface area contributed by atoms with Gasteiger partial charge >= 0.3 is 39.5 Å². The highest BCUT2D eigenvalue weighted by Gasteiger charge is 2.30. The van der Waals surface area contributed by atoms with Gasteiger partial charge in [-0.05, 0) is 37.5 Å². The van der Waals surface area contributed by atoms with Gasteiger partial charge in [-0.1, -0.05) is 356 Å². The first-order valence-corrected chi connectivity index (χ1v) is 43.5. The topological polar surface area (TPSA) is 237 Å². The Morgan fingerprint density at radius 3 is 0.701 bits per heavy atom. The third kappa shape index (κ3) is 72.2. The number of esters is 4. The maximum absolute atomic E-state index is 13.1. The second-order valence-electron chi connectivity index (χ2n) is 29.1. The lowest BCUT2D eigenvalue weighted by Crippen LogP contribution is -2.30. The Bertz CT molecular complexity index is 1870. The van der Waals surface area contributed by atoms with Crippen molar-refractivity contribution in [3.63, 3.8) is 0 Å². The number of phosphoric acid groups is 2. The zero-order chi connectivity index (χ0) is 71.4. The Balaban J connectivity index is 5.23. The molecule has 19 heteroatoms. The van der Waals surface area contributed by atoms with E-state index in [-0.39, 0.29) is 25.7 Å². The van der Waals surface area contributed by atoms with Gasteiger partial charge in [-0.15, -0.1) is 0 Å². The highest BCUT2D eigenvalue weighted by atomic mass is 31.2. The fourth-order valence-electron chi connectivity index (χ4n) is 12.0. The largest absolute Gasteiger partial charge is 0.472 e. The van der Waals surface area contributed by atoms with Crippen molar-refractivity contribution < 1.29 is 80.2 Å². The molecule has 97 heavy (non-hydrogen) atoms. The van der Waals surface area contributed by atoms with Crippen LogP contribution in [0.5, 0.6) is 0 Å². The summed E-state index contributed by atoms with van der Waals surface area (Å²) < 4.78 is 68.6. The average Bonchev–Trinajstić information content (AvgIpc) is 3.76. The van der Waals surface area contributed by atoms with Crippen LogP contribution in [0.4, 0.5) is 0 Å². The maximum atomic E-state index is 13.1. The fraction of sp³-hybridized carbons (Fsp3) is 0.949. The van der Waals surface area contributed by atoms with Gasteiger partial charge in [0.25, 0.3) is 0 Å². The number of carbonyl (C=O) groups excluding carboxylic acids is 4. The van der Waals surface area contributed by atoms with Crippen molar-refractivity contribution in [3.05, 3.63) is 0 Å². The van der Waals surface area contributed by atoms with Gasteiger partial charge in [-0.3, -0.25) is 37.3 Å². The summed E-state index contributed by atoms with van der Waals surface area (Å²) in [6.45, 7) is 9.59. The third-order valence-corrected chi connectivity index (χ3v) is 20.1. The molecule has 0 heterocycles. The molecule has 0 aliphatic heterocycles. The van der Waals surface area contributed by atoms with Gasteiger partial charge < -0.3 is 33.8 Å². The second kappa shape index (κ2) is 69.8. The quantitative estimate of drug-likeness (QED) is 0.0222. The zero-order valence-electron chi connectivity index (χ0n) is 63.4. The third-order valence-electron chi connectivity index (χ3n) is 18.2. The summed E-state index contributed by atoms with van der Waals surface area (Å²) >= 11 is 0. The Morgan fingerprint density at radius 2 is 0.474 bits per heavy atom. The summed E-state index contributed by atoms with van der Waals surface area (Å²) in [5.41, 5.74) is 0. The van der Waals surface area contributed by atoms with Gasteiger partial charge in [0.1, 0.15) is 19.3 Å². The van der Waals surface area contributed by atoms with Crippen molar-refractivity contribution in [2.45, 2.75) is 426 Å². The minimum Gasteiger partial charge on any atom is -0.462 e. The zero-order valence-corrected chi connectivity index (χ0v) is 65.2. The molecule has 0 spiro atoms. The van der Waals surface area contributed by atoms with Gasteiger partial charge in [0.05, 0.1) is 26.4 Å². The van der Waals surface area contributed by atoms with Crippen LogP contribution < -0.4 is 0 Å². The normalized spacial score (nSPS) is 14.0. The smallest absolute Gasteiger partial charge is 0.462 e. The molecule has 0 saturated carbocycles. The van der Waals surface area contributed by atoms with Crippen molar-refractivity contribution in [2.24, 2.45) is 11.8 Å². The molecule has 0 aromatic rings. The molecule has 0 amide bonds. The van der Waals surface area contributed by atoms with Crippen LogP contribution in [0.2, 0.25) is 0 Å². The van der Waals surface area contributed by atoms with Crippen LogP contribution >= 0.6 is 15.6 Å². The van der Waals surface area contributed by atoms with Crippen LogP contribution in [0, 0.1) is 11.8 Å². The number of hydrogen-bond acceptors (Lipinski definition) is 15. The number of ether oxygens (including phenoxy) is 4. The van der Waals surface area contributed by atoms with E-state index in [4.69, 9.17) is 37.0 Å². The molecule has 0 bridgehead atoms. The molecule has 0 rings (SSSR count). The van der Waals surface area contributed by atoms with E-state index in [2.05, 4.69) is 41.5 Å². The molecular weight excluding hydrogens is 1270 g/mol. The summed E-state index contributed by atoms with van der Waals surface area (Å²) in [5, 5.41) is 10.6. The summed E-state index contributed by atoms with van der Waals surface area (Å²) in [6.07, 6.45) is 58.3. The van der Waals surface area contributed by atoms with Crippen molar-refractivity contribution >= 4 is 39.5 Å². The van der Waals surface area contributed by atoms with E-state index in [1.807, 2.05) is 0 Å². The molecule has 0 radical (unpaired) electrons. The van der Waals surface area contributed by atoms with Crippen LogP contribution in [0.15, 0.2) is 0 Å². The highest BCUT2D eigenvalue weighted by molar-refractivity contribution is 7.47. The van der Waals surface area contributed by atoms with Gasteiger partial charge in [0.15, 0.2) is 12.2 Å². The van der Waals surface area contributed by atoms with Crippen LogP contribution in [-0.4, -0.2) is 96.7 Å². The Kier molecular flexibility index (Phi) is 68.4. The lowest BCUT2D eigenvalue weighted by atomic mass is 10.0. The number of hydrogen-bond donors (Lipinski definition) is 3. The first kappa shape index (κ1) is 95.1. The molecule has 5 atom stereocenters. The number of aliphatic hydroxyl groups excluding tert-OH is 1. The predicted octanol–water partition coefficient (Wildman–Crippen LogP) is 23.1. The molecule has 0 aliphatic rings. The molecule has 0 aliphatic carbocycles. The first-order valence-electron chi connectivity index (χ1n) is 40.5. The number of carbonyl (C=O) groups is 4. The Morgan fingerprint density at radius 1 is 0.278 bits per heavy atom. The molecule has 0 fully saturated rings. The van der Waals surface area contributed by atoms with Crippen molar-refractivity contribution in [3.8, 4) is 0 Å². The van der Waals surface area contributed by atoms with E-state index < -0.39 is 97.5 Å². The van der Waals surface area contributed by atoms with E-state index in [1.54, 1.807) is 0 Å². The van der Waals surface area contributed by atoms with Crippen LogP contribution in [0.1, 0.15) is 408 Å². The van der Waals surface area contributed by atoms with Crippen LogP contribution in [-0.2, 0) is 65.4 Å². The molecule has 2 unspecified atom stereocenters. The summed E-state index contributed by atoms with van der Waals surface area (Å²) in [6, 6.07) is 0. The van der Waals surface area contributed by atoms with Crippen molar-refractivity contribution in [2.75, 3.05) is 39.6 Å². The monoisotopic (exact) mass is 1420 g/mol. The summed E-state index contributed by atoms with van der Waals surface area (Å²) in [4.78, 5) is 72.9. The molecule has 17 nitrogen and oxygen atoms in total. The number of phosphoric ester groups is 2. The second-order valence-corrected chi connectivity index (χ2v) is 32.0. The predicted molar refractivity (Wildman–Crippen MR) is 395 cm³/mol.